The molecule has 2 rings (SSSR count). The van der Waals surface area contributed by atoms with Gasteiger partial charge in [-0.2, -0.15) is 0 Å². The number of primary amides is 1. The van der Waals surface area contributed by atoms with Crippen molar-refractivity contribution in [2.24, 2.45) is 5.73 Å². The summed E-state index contributed by atoms with van der Waals surface area (Å²) in [6, 6.07) is 0. The quantitative estimate of drug-likeness (QED) is 0.427. The van der Waals surface area contributed by atoms with Gasteiger partial charge in [-0.25, -0.2) is 9.67 Å². The number of ether oxygens (including phenoxy) is 4. The van der Waals surface area contributed by atoms with E-state index in [1.165, 1.54) is 6.33 Å². The number of rotatable bonds is 9. The second-order valence-corrected chi connectivity index (χ2v) is 6.13. The van der Waals surface area contributed by atoms with Crippen LogP contribution in [0.15, 0.2) is 6.33 Å². The zero-order valence-corrected chi connectivity index (χ0v) is 16.4. The summed E-state index contributed by atoms with van der Waals surface area (Å²) >= 11 is 0. The van der Waals surface area contributed by atoms with Crippen LogP contribution >= 0.6 is 0 Å². The molecule has 1 amide bonds. The minimum absolute atomic E-state index is 0.0665. The van der Waals surface area contributed by atoms with E-state index in [4.69, 9.17) is 24.7 Å². The molecule has 1 aliphatic rings. The Balaban J connectivity index is 2.34. The van der Waals surface area contributed by atoms with E-state index in [9.17, 15) is 19.2 Å². The van der Waals surface area contributed by atoms with Gasteiger partial charge in [-0.1, -0.05) is 20.8 Å². The molecule has 4 atom stereocenters. The monoisotopic (exact) mass is 412 g/mol. The van der Waals surface area contributed by atoms with Crippen LogP contribution in [0.2, 0.25) is 0 Å². The Hall–Kier alpha value is -3.02. The highest BCUT2D eigenvalue weighted by molar-refractivity contribution is 5.88. The molecule has 0 unspecified atom stereocenters. The number of nitrogens with two attached hydrogens (primary N) is 1. The van der Waals surface area contributed by atoms with Crippen molar-refractivity contribution in [3.8, 4) is 0 Å². The zero-order chi connectivity index (χ0) is 21.6. The van der Waals surface area contributed by atoms with Gasteiger partial charge < -0.3 is 24.7 Å². The summed E-state index contributed by atoms with van der Waals surface area (Å²) in [7, 11) is 0. The fourth-order valence-corrected chi connectivity index (χ4v) is 2.58. The first-order valence-electron chi connectivity index (χ1n) is 9.21. The third-order valence-electron chi connectivity index (χ3n) is 4.08. The Morgan fingerprint density at radius 1 is 1.03 bits per heavy atom. The maximum absolute atomic E-state index is 12.0. The summed E-state index contributed by atoms with van der Waals surface area (Å²) in [6.45, 7) is 4.59. The van der Waals surface area contributed by atoms with Gasteiger partial charge in [-0.3, -0.25) is 19.2 Å². The van der Waals surface area contributed by atoms with Crippen LogP contribution < -0.4 is 5.73 Å². The minimum atomic E-state index is -1.11. The summed E-state index contributed by atoms with van der Waals surface area (Å²) in [5.74, 6) is -2.72. The van der Waals surface area contributed by atoms with Crippen molar-refractivity contribution in [2.45, 2.75) is 64.6 Å². The average molecular weight is 412 g/mol. The largest absolute Gasteiger partial charge is 0.463 e. The molecular formula is C17H24N4O8. The van der Waals surface area contributed by atoms with Crippen molar-refractivity contribution in [1.82, 2.24) is 14.8 Å². The maximum atomic E-state index is 12.0. The molecule has 29 heavy (non-hydrogen) atoms. The predicted octanol–water partition coefficient (Wildman–Crippen LogP) is -0.129. The Morgan fingerprint density at radius 2 is 1.62 bits per heavy atom. The lowest BCUT2D eigenvalue weighted by molar-refractivity contribution is -0.169. The van der Waals surface area contributed by atoms with E-state index < -0.39 is 48.4 Å². The summed E-state index contributed by atoms with van der Waals surface area (Å²) in [5, 5.41) is 3.92. The van der Waals surface area contributed by atoms with E-state index in [1.807, 2.05) is 0 Å². The molecule has 0 saturated carbocycles. The van der Waals surface area contributed by atoms with Crippen LogP contribution in [0.5, 0.6) is 0 Å². The minimum Gasteiger partial charge on any atom is -0.463 e. The van der Waals surface area contributed by atoms with E-state index in [1.54, 1.807) is 20.8 Å². The van der Waals surface area contributed by atoms with Crippen LogP contribution in [0.4, 0.5) is 0 Å². The molecule has 1 aliphatic heterocycles. The lowest BCUT2D eigenvalue weighted by Crippen LogP contribution is -2.41. The molecule has 0 radical (unpaired) electrons. The van der Waals surface area contributed by atoms with Crippen LogP contribution in [0, 0.1) is 0 Å². The van der Waals surface area contributed by atoms with Gasteiger partial charge in [0.2, 0.25) is 5.82 Å². The second-order valence-electron chi connectivity index (χ2n) is 6.13. The highest BCUT2D eigenvalue weighted by atomic mass is 16.7. The molecule has 2 N–H and O–H groups in total. The van der Waals surface area contributed by atoms with Gasteiger partial charge in [0, 0.05) is 19.3 Å². The van der Waals surface area contributed by atoms with E-state index in [0.717, 1.165) is 4.68 Å². The maximum Gasteiger partial charge on any atom is 0.306 e. The second kappa shape index (κ2) is 9.96. The number of hydrogen-bond acceptors (Lipinski definition) is 10. The van der Waals surface area contributed by atoms with Crippen LogP contribution in [-0.2, 0) is 33.3 Å². The van der Waals surface area contributed by atoms with Gasteiger partial charge in [0.1, 0.15) is 19.0 Å². The van der Waals surface area contributed by atoms with Crippen LogP contribution in [0.1, 0.15) is 56.9 Å². The molecule has 0 spiro atoms. The number of hydrogen-bond donors (Lipinski definition) is 1. The molecule has 1 saturated heterocycles. The molecule has 0 aliphatic carbocycles. The normalized spacial score (nSPS) is 23.4. The van der Waals surface area contributed by atoms with Crippen molar-refractivity contribution in [3.63, 3.8) is 0 Å². The van der Waals surface area contributed by atoms with Crippen LogP contribution in [0.25, 0.3) is 0 Å². The molecule has 0 bridgehead atoms. The summed E-state index contributed by atoms with van der Waals surface area (Å²) < 4.78 is 22.9. The Morgan fingerprint density at radius 3 is 2.14 bits per heavy atom. The number of amides is 1. The first-order valence-corrected chi connectivity index (χ1v) is 9.21. The molecule has 1 aromatic rings. The van der Waals surface area contributed by atoms with Crippen molar-refractivity contribution in [3.05, 3.63) is 12.2 Å². The standard InChI is InChI=1S/C17H24N4O8/c1-4-10(22)26-7-9-13(28-11(23)5-2)14(29-12(24)6-3)17(27-9)21-8-19-16(20-21)15(18)25/h8-9,13-14,17H,4-7H2,1-3H3,(H2,18,25)/t9-,13-,14-,17-/m1/s1. The third-order valence-corrected chi connectivity index (χ3v) is 4.08. The van der Waals surface area contributed by atoms with Gasteiger partial charge in [0.05, 0.1) is 0 Å². The number of carbonyl (C=O) groups excluding carboxylic acids is 4. The molecule has 1 fully saturated rings. The molecule has 12 heteroatoms. The number of esters is 3. The van der Waals surface area contributed by atoms with Crippen molar-refractivity contribution < 1.29 is 38.1 Å². The van der Waals surface area contributed by atoms with Crippen LogP contribution in [0.3, 0.4) is 0 Å². The predicted molar refractivity (Wildman–Crippen MR) is 94.0 cm³/mol. The molecule has 0 aromatic carbocycles. The smallest absolute Gasteiger partial charge is 0.306 e. The Labute approximate surface area is 166 Å². The summed E-state index contributed by atoms with van der Waals surface area (Å²) in [4.78, 5) is 50.5. The molecule has 2 heterocycles. The first-order chi connectivity index (χ1) is 13.8. The van der Waals surface area contributed by atoms with Gasteiger partial charge in [0.15, 0.2) is 18.4 Å². The topological polar surface area (TPSA) is 162 Å². The first kappa shape index (κ1) is 22.3. The highest BCUT2D eigenvalue weighted by Crippen LogP contribution is 2.34. The fraction of sp³-hybridized carbons (Fsp3) is 0.647. The van der Waals surface area contributed by atoms with Gasteiger partial charge in [0.25, 0.3) is 5.91 Å². The zero-order valence-electron chi connectivity index (χ0n) is 16.4. The van der Waals surface area contributed by atoms with E-state index in [0.29, 0.717) is 0 Å². The average Bonchev–Trinajstić information content (AvgIpc) is 3.32. The molecule has 160 valence electrons. The molecule has 1 aromatic heterocycles. The van der Waals surface area contributed by atoms with Gasteiger partial charge >= 0.3 is 17.9 Å². The number of aromatic nitrogens is 3. The van der Waals surface area contributed by atoms with Gasteiger partial charge in [-0.05, 0) is 0 Å². The van der Waals surface area contributed by atoms with Crippen molar-refractivity contribution in [1.29, 1.82) is 0 Å². The van der Waals surface area contributed by atoms with Crippen molar-refractivity contribution in [2.75, 3.05) is 6.61 Å². The Kier molecular flexibility index (Phi) is 7.65. The Bertz CT molecular complexity index is 764. The van der Waals surface area contributed by atoms with Gasteiger partial charge in [-0.15, -0.1) is 5.10 Å². The lowest BCUT2D eigenvalue weighted by Gasteiger charge is -2.24. The van der Waals surface area contributed by atoms with Crippen molar-refractivity contribution >= 4 is 23.8 Å². The fourth-order valence-electron chi connectivity index (χ4n) is 2.58. The van der Waals surface area contributed by atoms with E-state index in [2.05, 4.69) is 10.1 Å². The summed E-state index contributed by atoms with van der Waals surface area (Å²) in [5.41, 5.74) is 5.17. The SMILES string of the molecule is CCC(=O)OC[C@H]1O[C@@H](n2cnc(C(N)=O)n2)[C@H](OC(=O)CC)[C@@H]1OC(=O)CC. The lowest BCUT2D eigenvalue weighted by atomic mass is 10.1. The summed E-state index contributed by atoms with van der Waals surface area (Å²) in [6.07, 6.45) is -2.71. The number of carbonyl (C=O) groups is 4. The third kappa shape index (κ3) is 5.50. The van der Waals surface area contributed by atoms with E-state index in [-0.39, 0.29) is 31.7 Å². The highest BCUT2D eigenvalue weighted by Gasteiger charge is 2.51. The van der Waals surface area contributed by atoms with E-state index >= 15 is 0 Å². The molecular weight excluding hydrogens is 388 g/mol. The van der Waals surface area contributed by atoms with Crippen LogP contribution in [-0.4, -0.2) is 63.5 Å². The number of nitrogens with zero attached hydrogens (tertiary/aromatic N) is 3. The molecule has 12 nitrogen and oxygen atoms in total.